The van der Waals surface area contributed by atoms with E-state index in [2.05, 4.69) is 26.8 Å². The Hall–Kier alpha value is -3.07. The highest BCUT2D eigenvalue weighted by atomic mass is 32.1. The monoisotopic (exact) mass is 466 g/mol. The topological polar surface area (TPSA) is 84.2 Å². The highest BCUT2D eigenvalue weighted by Gasteiger charge is 2.34. The van der Waals surface area contributed by atoms with Crippen molar-refractivity contribution in [3.63, 3.8) is 0 Å². The zero-order valence-electron chi connectivity index (χ0n) is 19.6. The molecule has 0 radical (unpaired) electrons. The van der Waals surface area contributed by atoms with Crippen LogP contribution in [0, 0.1) is 19.8 Å². The van der Waals surface area contributed by atoms with Crippen molar-refractivity contribution in [2.24, 2.45) is 13.0 Å². The SMILES string of the molecule is Cc1cc(C(=O)N(C)[C@H](Cc2ccccc2)C2CCN(C(=O)c3snnc3C)CC2)n(C)n1. The van der Waals surface area contributed by atoms with E-state index in [1.54, 1.807) is 11.7 Å². The molecule has 0 unspecified atom stereocenters. The maximum Gasteiger partial charge on any atom is 0.272 e. The van der Waals surface area contributed by atoms with Gasteiger partial charge in [-0.05, 0) is 62.2 Å². The normalized spacial score (nSPS) is 15.5. The zero-order valence-corrected chi connectivity index (χ0v) is 20.4. The lowest BCUT2D eigenvalue weighted by molar-refractivity contribution is 0.0518. The smallest absolute Gasteiger partial charge is 0.272 e. The number of hydrogen-bond acceptors (Lipinski definition) is 6. The molecule has 0 spiro atoms. The fraction of sp³-hybridized carbons (Fsp3) is 0.458. The van der Waals surface area contributed by atoms with E-state index in [4.69, 9.17) is 0 Å². The Labute approximate surface area is 198 Å². The van der Waals surface area contributed by atoms with Gasteiger partial charge >= 0.3 is 0 Å². The highest BCUT2D eigenvalue weighted by molar-refractivity contribution is 7.07. The molecule has 1 atom stereocenters. The van der Waals surface area contributed by atoms with Gasteiger partial charge < -0.3 is 9.80 Å². The first kappa shape index (κ1) is 23.1. The van der Waals surface area contributed by atoms with Crippen molar-refractivity contribution in [2.45, 2.75) is 39.2 Å². The predicted molar refractivity (Wildman–Crippen MR) is 127 cm³/mol. The number of nitrogens with zero attached hydrogens (tertiary/aromatic N) is 6. The number of rotatable bonds is 6. The molecule has 3 aromatic rings. The second-order valence-corrected chi connectivity index (χ2v) is 9.54. The molecular weight excluding hydrogens is 436 g/mol. The maximum atomic E-state index is 13.4. The van der Waals surface area contributed by atoms with Crippen molar-refractivity contribution in [3.8, 4) is 0 Å². The Bertz CT molecular complexity index is 1120. The molecular formula is C24H30N6O2S. The number of likely N-dealkylation sites (N-methyl/N-ethyl adjacent to an activating group) is 1. The van der Waals surface area contributed by atoms with Gasteiger partial charge in [-0.2, -0.15) is 5.10 Å². The lowest BCUT2D eigenvalue weighted by Gasteiger charge is -2.40. The van der Waals surface area contributed by atoms with Crippen LogP contribution >= 0.6 is 11.5 Å². The average molecular weight is 467 g/mol. The van der Waals surface area contributed by atoms with Gasteiger partial charge in [0.1, 0.15) is 10.6 Å². The highest BCUT2D eigenvalue weighted by Crippen LogP contribution is 2.28. The Balaban J connectivity index is 1.51. The summed E-state index contributed by atoms with van der Waals surface area (Å²) in [7, 11) is 3.70. The first-order valence-corrected chi connectivity index (χ1v) is 12.0. The minimum Gasteiger partial charge on any atom is -0.338 e. The van der Waals surface area contributed by atoms with Crippen molar-refractivity contribution >= 4 is 23.3 Å². The number of amides is 2. The molecule has 0 bridgehead atoms. The summed E-state index contributed by atoms with van der Waals surface area (Å²) in [6.07, 6.45) is 2.46. The summed E-state index contributed by atoms with van der Waals surface area (Å²) in [6, 6.07) is 12.2. The zero-order chi connectivity index (χ0) is 23.5. The van der Waals surface area contributed by atoms with E-state index in [-0.39, 0.29) is 17.9 Å². The van der Waals surface area contributed by atoms with Crippen LogP contribution in [0.2, 0.25) is 0 Å². The van der Waals surface area contributed by atoms with Crippen molar-refractivity contribution in [1.29, 1.82) is 0 Å². The molecule has 33 heavy (non-hydrogen) atoms. The van der Waals surface area contributed by atoms with E-state index < -0.39 is 0 Å². The van der Waals surface area contributed by atoms with Crippen LogP contribution in [-0.2, 0) is 13.5 Å². The van der Waals surface area contributed by atoms with Crippen LogP contribution in [-0.4, -0.2) is 67.2 Å². The largest absolute Gasteiger partial charge is 0.338 e. The lowest BCUT2D eigenvalue weighted by atomic mass is 9.84. The number of likely N-dealkylation sites (tertiary alicyclic amines) is 1. The Morgan fingerprint density at radius 2 is 1.88 bits per heavy atom. The molecule has 9 heteroatoms. The Morgan fingerprint density at radius 1 is 1.18 bits per heavy atom. The van der Waals surface area contributed by atoms with Gasteiger partial charge in [-0.15, -0.1) is 5.10 Å². The van der Waals surface area contributed by atoms with E-state index >= 15 is 0 Å². The molecule has 1 saturated heterocycles. The number of benzene rings is 1. The minimum absolute atomic E-state index is 0.00958. The molecule has 2 aromatic heterocycles. The summed E-state index contributed by atoms with van der Waals surface area (Å²) in [6.45, 7) is 5.05. The molecule has 1 aliphatic heterocycles. The number of aryl methyl sites for hydroxylation is 3. The molecule has 0 saturated carbocycles. The second kappa shape index (κ2) is 9.82. The maximum absolute atomic E-state index is 13.4. The Morgan fingerprint density at radius 3 is 2.45 bits per heavy atom. The van der Waals surface area contributed by atoms with E-state index in [1.807, 2.05) is 55.0 Å². The third-order valence-electron chi connectivity index (χ3n) is 6.54. The molecule has 1 aliphatic rings. The molecule has 2 amide bonds. The van der Waals surface area contributed by atoms with Crippen molar-refractivity contribution in [2.75, 3.05) is 20.1 Å². The number of piperidine rings is 1. The van der Waals surface area contributed by atoms with E-state index in [1.165, 1.54) is 5.56 Å². The minimum atomic E-state index is -0.0242. The molecule has 1 fully saturated rings. The van der Waals surface area contributed by atoms with Crippen LogP contribution in [0.25, 0.3) is 0 Å². The van der Waals surface area contributed by atoms with Crippen LogP contribution < -0.4 is 0 Å². The summed E-state index contributed by atoms with van der Waals surface area (Å²) in [4.78, 5) is 30.7. The van der Waals surface area contributed by atoms with Gasteiger partial charge in [0.2, 0.25) is 0 Å². The molecule has 8 nitrogen and oxygen atoms in total. The number of aromatic nitrogens is 4. The van der Waals surface area contributed by atoms with Crippen LogP contribution in [0.15, 0.2) is 36.4 Å². The van der Waals surface area contributed by atoms with E-state index in [0.717, 1.165) is 36.5 Å². The van der Waals surface area contributed by atoms with Gasteiger partial charge in [0.25, 0.3) is 11.8 Å². The van der Waals surface area contributed by atoms with Crippen LogP contribution in [0.4, 0.5) is 0 Å². The quantitative estimate of drug-likeness (QED) is 0.557. The summed E-state index contributed by atoms with van der Waals surface area (Å²) in [5, 5.41) is 8.32. The van der Waals surface area contributed by atoms with Crippen LogP contribution in [0.5, 0.6) is 0 Å². The van der Waals surface area contributed by atoms with Crippen molar-refractivity contribution < 1.29 is 9.59 Å². The Kier molecular flexibility index (Phi) is 6.88. The molecule has 3 heterocycles. The third kappa shape index (κ3) is 4.98. The summed E-state index contributed by atoms with van der Waals surface area (Å²) < 4.78 is 5.55. The molecule has 174 valence electrons. The second-order valence-electron chi connectivity index (χ2n) is 8.78. The standard InChI is InChI=1S/C24H30N6O2S/c1-16-14-21(29(4)26-16)23(31)28(3)20(15-18-8-6-5-7-9-18)19-10-12-30(13-11-19)24(32)22-17(2)25-27-33-22/h5-9,14,19-20H,10-13,15H2,1-4H3/t20-/m1/s1. The summed E-state index contributed by atoms with van der Waals surface area (Å²) in [5.74, 6) is 0.275. The third-order valence-corrected chi connectivity index (χ3v) is 7.36. The summed E-state index contributed by atoms with van der Waals surface area (Å²) >= 11 is 1.16. The molecule has 0 aliphatic carbocycles. The van der Waals surface area contributed by atoms with Gasteiger partial charge in [-0.1, -0.05) is 34.8 Å². The average Bonchev–Trinajstić information content (AvgIpc) is 3.41. The van der Waals surface area contributed by atoms with E-state index in [9.17, 15) is 9.59 Å². The van der Waals surface area contributed by atoms with Gasteiger partial charge in [-0.3, -0.25) is 14.3 Å². The van der Waals surface area contributed by atoms with Gasteiger partial charge in [0, 0.05) is 33.2 Å². The number of hydrogen-bond donors (Lipinski definition) is 0. The van der Waals surface area contributed by atoms with E-state index in [0.29, 0.717) is 35.3 Å². The fourth-order valence-electron chi connectivity index (χ4n) is 4.68. The summed E-state index contributed by atoms with van der Waals surface area (Å²) in [5.41, 5.74) is 3.31. The van der Waals surface area contributed by atoms with Gasteiger partial charge in [-0.25, -0.2) is 0 Å². The van der Waals surface area contributed by atoms with Crippen molar-refractivity contribution in [3.05, 3.63) is 63.9 Å². The number of carbonyl (C=O) groups excluding carboxylic acids is 2. The van der Waals surface area contributed by atoms with Crippen LogP contribution in [0.3, 0.4) is 0 Å². The molecule has 4 rings (SSSR count). The van der Waals surface area contributed by atoms with Crippen LogP contribution in [0.1, 0.15) is 50.0 Å². The fourth-order valence-corrected chi connectivity index (χ4v) is 5.30. The van der Waals surface area contributed by atoms with Gasteiger partial charge in [0.05, 0.1) is 11.4 Å². The first-order valence-electron chi connectivity index (χ1n) is 11.2. The van der Waals surface area contributed by atoms with Crippen molar-refractivity contribution in [1.82, 2.24) is 29.2 Å². The molecule has 0 N–H and O–H groups in total. The first-order chi connectivity index (χ1) is 15.8. The number of carbonyl (C=O) groups is 2. The lowest BCUT2D eigenvalue weighted by Crippen LogP contribution is -2.48. The predicted octanol–water partition coefficient (Wildman–Crippen LogP) is 3.12. The van der Waals surface area contributed by atoms with Gasteiger partial charge in [0.15, 0.2) is 0 Å². The molecule has 1 aromatic carbocycles.